The zero-order chi connectivity index (χ0) is 11.6. The first-order valence-corrected chi connectivity index (χ1v) is 5.87. The number of nitrogens with zero attached hydrogens (tertiary/aromatic N) is 2. The zero-order valence-corrected chi connectivity index (χ0v) is 9.84. The molecule has 88 valence electrons. The van der Waals surface area contributed by atoms with Gasteiger partial charge in [-0.05, 0) is 26.2 Å². The van der Waals surface area contributed by atoms with Gasteiger partial charge in [0, 0.05) is 5.41 Å². The fourth-order valence-corrected chi connectivity index (χ4v) is 2.43. The van der Waals surface area contributed by atoms with Crippen LogP contribution in [0.4, 0.5) is 5.95 Å². The van der Waals surface area contributed by atoms with Gasteiger partial charge >= 0.3 is 0 Å². The van der Waals surface area contributed by atoms with Crippen molar-refractivity contribution in [1.82, 2.24) is 15.2 Å². The number of aryl methyl sites for hydroxylation is 1. The number of hydrogen-bond donors (Lipinski definition) is 2. The van der Waals surface area contributed by atoms with Crippen molar-refractivity contribution in [3.05, 3.63) is 5.82 Å². The molecule has 0 unspecified atom stereocenters. The Bertz CT molecular complexity index is 379. The summed E-state index contributed by atoms with van der Waals surface area (Å²) in [5.74, 6) is 1.18. The van der Waals surface area contributed by atoms with Gasteiger partial charge in [-0.3, -0.25) is 15.2 Å². The van der Waals surface area contributed by atoms with Crippen molar-refractivity contribution in [3.63, 3.8) is 0 Å². The van der Waals surface area contributed by atoms with Gasteiger partial charge in [0.1, 0.15) is 5.82 Å². The Balaban J connectivity index is 2.07. The Morgan fingerprint density at radius 3 is 2.69 bits per heavy atom. The molecule has 0 spiro atoms. The van der Waals surface area contributed by atoms with Crippen LogP contribution in [0.1, 0.15) is 44.9 Å². The van der Waals surface area contributed by atoms with Crippen LogP contribution >= 0.6 is 0 Å². The predicted molar refractivity (Wildman–Crippen MR) is 60.9 cm³/mol. The lowest BCUT2D eigenvalue weighted by atomic mass is 9.82. The van der Waals surface area contributed by atoms with Crippen LogP contribution in [0.5, 0.6) is 0 Å². The second kappa shape index (κ2) is 4.23. The summed E-state index contributed by atoms with van der Waals surface area (Å²) in [6.07, 6.45) is 5.16. The third kappa shape index (κ3) is 1.94. The van der Waals surface area contributed by atoms with Crippen molar-refractivity contribution in [2.45, 2.75) is 46.0 Å². The lowest BCUT2D eigenvalue weighted by Crippen LogP contribution is -2.33. The summed E-state index contributed by atoms with van der Waals surface area (Å²) in [5.41, 5.74) is -0.186. The number of aromatic nitrogens is 3. The van der Waals surface area contributed by atoms with Gasteiger partial charge in [0.25, 0.3) is 0 Å². The molecule has 0 bridgehead atoms. The summed E-state index contributed by atoms with van der Waals surface area (Å²) < 4.78 is 0. The van der Waals surface area contributed by atoms with E-state index in [1.807, 2.05) is 6.92 Å². The molecule has 1 heterocycles. The van der Waals surface area contributed by atoms with Gasteiger partial charge in [-0.15, -0.1) is 5.10 Å². The molecule has 1 amide bonds. The fraction of sp³-hybridized carbons (Fsp3) is 0.727. The van der Waals surface area contributed by atoms with Gasteiger partial charge in [-0.2, -0.15) is 4.98 Å². The number of aromatic amines is 1. The van der Waals surface area contributed by atoms with Crippen molar-refractivity contribution in [2.75, 3.05) is 5.32 Å². The molecule has 1 aromatic heterocycles. The predicted octanol–water partition coefficient (Wildman–Crippen LogP) is 2.02. The molecule has 16 heavy (non-hydrogen) atoms. The van der Waals surface area contributed by atoms with E-state index in [0.717, 1.165) is 32.1 Å². The lowest BCUT2D eigenvalue weighted by molar-refractivity contribution is -0.125. The molecule has 2 N–H and O–H groups in total. The maximum atomic E-state index is 12.2. The maximum Gasteiger partial charge on any atom is 0.248 e. The Hall–Kier alpha value is -1.39. The van der Waals surface area contributed by atoms with E-state index in [0.29, 0.717) is 11.8 Å². The highest BCUT2D eigenvalue weighted by Crippen LogP contribution is 2.41. The summed E-state index contributed by atoms with van der Waals surface area (Å²) in [4.78, 5) is 16.3. The first-order valence-electron chi connectivity index (χ1n) is 5.87. The lowest BCUT2D eigenvalue weighted by Gasteiger charge is -2.24. The number of anilines is 1. The van der Waals surface area contributed by atoms with Crippen LogP contribution in [-0.4, -0.2) is 21.1 Å². The third-order valence-corrected chi connectivity index (χ3v) is 3.54. The molecule has 0 aliphatic heterocycles. The van der Waals surface area contributed by atoms with E-state index >= 15 is 0 Å². The SMILES string of the molecule is CCC1(C(=O)Nc2n[nH]c(C)n2)CCCC1. The van der Waals surface area contributed by atoms with Crippen LogP contribution < -0.4 is 5.32 Å². The number of hydrogen-bond acceptors (Lipinski definition) is 3. The summed E-state index contributed by atoms with van der Waals surface area (Å²) >= 11 is 0. The van der Waals surface area contributed by atoms with Gasteiger partial charge in [0.05, 0.1) is 0 Å². The van der Waals surface area contributed by atoms with E-state index in [9.17, 15) is 4.79 Å². The fourth-order valence-electron chi connectivity index (χ4n) is 2.43. The van der Waals surface area contributed by atoms with Crippen molar-refractivity contribution in [2.24, 2.45) is 5.41 Å². The van der Waals surface area contributed by atoms with Crippen LogP contribution in [0, 0.1) is 12.3 Å². The van der Waals surface area contributed by atoms with E-state index < -0.39 is 0 Å². The van der Waals surface area contributed by atoms with Gasteiger partial charge in [0.2, 0.25) is 11.9 Å². The number of carbonyl (C=O) groups excluding carboxylic acids is 1. The molecule has 1 aliphatic rings. The highest BCUT2D eigenvalue weighted by Gasteiger charge is 2.39. The highest BCUT2D eigenvalue weighted by molar-refractivity contribution is 5.94. The maximum absolute atomic E-state index is 12.2. The topological polar surface area (TPSA) is 70.7 Å². The van der Waals surface area contributed by atoms with Crippen molar-refractivity contribution < 1.29 is 4.79 Å². The molecule has 5 nitrogen and oxygen atoms in total. The quantitative estimate of drug-likeness (QED) is 0.822. The molecule has 0 radical (unpaired) electrons. The molecule has 0 saturated heterocycles. The summed E-state index contributed by atoms with van der Waals surface area (Å²) in [6.45, 7) is 3.89. The number of nitrogens with one attached hydrogen (secondary N) is 2. The Morgan fingerprint density at radius 2 is 2.19 bits per heavy atom. The molecule has 5 heteroatoms. The van der Waals surface area contributed by atoms with Crippen LogP contribution in [0.25, 0.3) is 0 Å². The van der Waals surface area contributed by atoms with Gasteiger partial charge in [-0.25, -0.2) is 0 Å². The molecule has 1 aromatic rings. The Kier molecular flexibility index (Phi) is 2.94. The average Bonchev–Trinajstić information content (AvgIpc) is 2.88. The van der Waals surface area contributed by atoms with E-state index in [4.69, 9.17) is 0 Å². The van der Waals surface area contributed by atoms with E-state index in [1.165, 1.54) is 0 Å². The molecule has 1 fully saturated rings. The first kappa shape index (κ1) is 11.1. The van der Waals surface area contributed by atoms with Crippen LogP contribution in [0.15, 0.2) is 0 Å². The zero-order valence-electron chi connectivity index (χ0n) is 9.84. The Labute approximate surface area is 95.0 Å². The van der Waals surface area contributed by atoms with E-state index in [2.05, 4.69) is 27.4 Å². The number of H-pyrrole nitrogens is 1. The van der Waals surface area contributed by atoms with Gasteiger partial charge in [0.15, 0.2) is 0 Å². The normalized spacial score (nSPS) is 18.6. The smallest absolute Gasteiger partial charge is 0.248 e. The summed E-state index contributed by atoms with van der Waals surface area (Å²) in [5, 5.41) is 9.45. The van der Waals surface area contributed by atoms with Crippen LogP contribution in [0.3, 0.4) is 0 Å². The third-order valence-electron chi connectivity index (χ3n) is 3.54. The molecule has 0 aromatic carbocycles. The number of rotatable bonds is 3. The van der Waals surface area contributed by atoms with Crippen molar-refractivity contribution in [1.29, 1.82) is 0 Å². The standard InChI is InChI=1S/C11H18N4O/c1-3-11(6-4-5-7-11)9(16)13-10-12-8(2)14-15-10/h3-7H2,1-2H3,(H2,12,13,14,15,16). The minimum absolute atomic E-state index is 0.0755. The molecule has 2 rings (SSSR count). The molecular formula is C11H18N4O. The molecule has 1 saturated carbocycles. The van der Waals surface area contributed by atoms with Crippen LogP contribution in [0.2, 0.25) is 0 Å². The van der Waals surface area contributed by atoms with E-state index in [1.54, 1.807) is 0 Å². The summed E-state index contributed by atoms with van der Waals surface area (Å²) in [6, 6.07) is 0. The molecule has 0 atom stereocenters. The monoisotopic (exact) mass is 222 g/mol. The van der Waals surface area contributed by atoms with Crippen LogP contribution in [-0.2, 0) is 4.79 Å². The minimum atomic E-state index is -0.186. The minimum Gasteiger partial charge on any atom is -0.293 e. The highest BCUT2D eigenvalue weighted by atomic mass is 16.2. The number of amides is 1. The van der Waals surface area contributed by atoms with E-state index in [-0.39, 0.29) is 11.3 Å². The largest absolute Gasteiger partial charge is 0.293 e. The number of carbonyl (C=O) groups is 1. The van der Waals surface area contributed by atoms with Gasteiger partial charge < -0.3 is 0 Å². The molecular weight excluding hydrogens is 204 g/mol. The van der Waals surface area contributed by atoms with Crippen molar-refractivity contribution >= 4 is 11.9 Å². The summed E-state index contributed by atoms with van der Waals surface area (Å²) in [7, 11) is 0. The second-order valence-corrected chi connectivity index (χ2v) is 4.54. The average molecular weight is 222 g/mol. The second-order valence-electron chi connectivity index (χ2n) is 4.54. The van der Waals surface area contributed by atoms with Crippen molar-refractivity contribution in [3.8, 4) is 0 Å². The first-order chi connectivity index (χ1) is 7.66. The Morgan fingerprint density at radius 1 is 1.50 bits per heavy atom. The molecule has 1 aliphatic carbocycles. The van der Waals surface area contributed by atoms with Gasteiger partial charge in [-0.1, -0.05) is 19.8 Å².